The Morgan fingerprint density at radius 2 is 0.677 bits per heavy atom. The lowest BCUT2D eigenvalue weighted by molar-refractivity contribution is 0.254. The van der Waals surface area contributed by atoms with E-state index in [-0.39, 0.29) is 0 Å². The summed E-state index contributed by atoms with van der Waals surface area (Å²) in [4.78, 5) is 2.81. The van der Waals surface area contributed by atoms with Crippen LogP contribution in [0.4, 0.5) is 0 Å². The van der Waals surface area contributed by atoms with Crippen molar-refractivity contribution in [1.29, 1.82) is 0 Å². The van der Waals surface area contributed by atoms with Crippen LogP contribution in [0.1, 0.15) is 163 Å². The van der Waals surface area contributed by atoms with Gasteiger partial charge >= 0.3 is 0 Å². The highest BCUT2D eigenvalue weighted by atomic mass is 15.1. The van der Waals surface area contributed by atoms with Crippen molar-refractivity contribution in [1.82, 2.24) is 4.90 Å². The van der Waals surface area contributed by atoms with Crippen LogP contribution >= 0.6 is 0 Å². The number of hydrogen-bond acceptors (Lipinski definition) is 1. The Bertz CT molecular complexity index is 296. The number of hydrogen-bond donors (Lipinski definition) is 0. The molecule has 0 unspecified atom stereocenters. The van der Waals surface area contributed by atoms with Crippen molar-refractivity contribution in [2.45, 2.75) is 163 Å². The summed E-state index contributed by atoms with van der Waals surface area (Å²) in [7, 11) is 0. The minimum Gasteiger partial charge on any atom is -0.303 e. The second kappa shape index (κ2) is 24.6. The van der Waals surface area contributed by atoms with Gasteiger partial charge in [0, 0.05) is 0 Å². The van der Waals surface area contributed by atoms with Gasteiger partial charge in [-0.05, 0) is 50.7 Å². The molecule has 0 saturated heterocycles. The van der Waals surface area contributed by atoms with E-state index in [0.29, 0.717) is 0 Å². The zero-order valence-electron chi connectivity index (χ0n) is 22.9. The van der Waals surface area contributed by atoms with Crippen LogP contribution in [0.25, 0.3) is 0 Å². The Hall–Kier alpha value is -0.0400. The van der Waals surface area contributed by atoms with E-state index >= 15 is 0 Å². The molecule has 1 heteroatoms. The summed E-state index contributed by atoms with van der Waals surface area (Å²) in [5, 5.41) is 0. The van der Waals surface area contributed by atoms with Crippen molar-refractivity contribution in [3.63, 3.8) is 0 Å². The van der Waals surface area contributed by atoms with E-state index in [1.807, 2.05) is 0 Å². The third-order valence-corrected chi connectivity index (χ3v) is 6.84. The molecule has 0 aromatic carbocycles. The van der Waals surface area contributed by atoms with E-state index in [9.17, 15) is 0 Å². The first-order chi connectivity index (χ1) is 15.1. The minimum atomic E-state index is 0.887. The van der Waals surface area contributed by atoms with E-state index < -0.39 is 0 Å². The Labute approximate surface area is 199 Å². The third-order valence-electron chi connectivity index (χ3n) is 6.84. The van der Waals surface area contributed by atoms with Gasteiger partial charge in [-0.15, -0.1) is 0 Å². The molecule has 0 aliphatic heterocycles. The van der Waals surface area contributed by atoms with Crippen molar-refractivity contribution < 1.29 is 0 Å². The molecule has 0 bridgehead atoms. The fraction of sp³-hybridized carbons (Fsp3) is 1.00. The van der Waals surface area contributed by atoms with Crippen molar-refractivity contribution in [3.8, 4) is 0 Å². The standard InChI is InChI=1S/C30H63N/c1-6-7-8-21-26-31(27-22-17-13-9-11-15-19-24-29(2)3)28-23-18-14-10-12-16-20-25-30(4)5/h29-30H,6-28H2,1-5H3. The quantitative estimate of drug-likeness (QED) is 0.128. The van der Waals surface area contributed by atoms with Gasteiger partial charge in [-0.25, -0.2) is 0 Å². The van der Waals surface area contributed by atoms with Gasteiger partial charge in [0.1, 0.15) is 0 Å². The minimum absolute atomic E-state index is 0.887. The van der Waals surface area contributed by atoms with Gasteiger partial charge in [-0.3, -0.25) is 0 Å². The van der Waals surface area contributed by atoms with E-state index in [1.54, 1.807) is 0 Å². The van der Waals surface area contributed by atoms with E-state index in [4.69, 9.17) is 0 Å². The molecule has 0 spiro atoms. The maximum absolute atomic E-state index is 2.81. The molecule has 0 heterocycles. The summed E-state index contributed by atoms with van der Waals surface area (Å²) in [5.41, 5.74) is 0. The molecule has 0 N–H and O–H groups in total. The number of nitrogens with zero attached hydrogens (tertiary/aromatic N) is 1. The Morgan fingerprint density at radius 1 is 0.387 bits per heavy atom. The molecule has 0 atom stereocenters. The maximum atomic E-state index is 2.81. The summed E-state index contributed by atoms with van der Waals surface area (Å²) in [6.07, 6.45) is 28.8. The first-order valence-electron chi connectivity index (χ1n) is 14.8. The van der Waals surface area contributed by atoms with Crippen molar-refractivity contribution in [2.75, 3.05) is 19.6 Å². The highest BCUT2D eigenvalue weighted by Gasteiger charge is 2.05. The molecule has 0 rings (SSSR count). The number of rotatable bonds is 25. The smallest absolute Gasteiger partial charge is 0.00187 e. The van der Waals surface area contributed by atoms with Crippen LogP contribution in [0, 0.1) is 11.8 Å². The van der Waals surface area contributed by atoms with E-state index in [0.717, 1.165) is 11.8 Å². The van der Waals surface area contributed by atoms with Crippen molar-refractivity contribution in [2.24, 2.45) is 11.8 Å². The van der Waals surface area contributed by atoms with Gasteiger partial charge in [0.15, 0.2) is 0 Å². The molecular weight excluding hydrogens is 374 g/mol. The monoisotopic (exact) mass is 437 g/mol. The first-order valence-corrected chi connectivity index (χ1v) is 14.8. The molecule has 0 saturated carbocycles. The molecule has 0 aromatic rings. The summed E-state index contributed by atoms with van der Waals surface area (Å²) in [6, 6.07) is 0. The highest BCUT2D eigenvalue weighted by Crippen LogP contribution is 2.14. The zero-order valence-corrected chi connectivity index (χ0v) is 22.9. The average Bonchev–Trinajstić information content (AvgIpc) is 2.73. The second-order valence-corrected chi connectivity index (χ2v) is 11.2. The van der Waals surface area contributed by atoms with Gasteiger partial charge in [0.25, 0.3) is 0 Å². The molecule has 0 aliphatic carbocycles. The number of unbranched alkanes of at least 4 members (excludes halogenated alkanes) is 15. The van der Waals surface area contributed by atoms with E-state index in [2.05, 4.69) is 39.5 Å². The lowest BCUT2D eigenvalue weighted by Crippen LogP contribution is -2.27. The highest BCUT2D eigenvalue weighted by molar-refractivity contribution is 4.60. The Morgan fingerprint density at radius 3 is 1.00 bits per heavy atom. The molecule has 0 aromatic heterocycles. The van der Waals surface area contributed by atoms with Gasteiger partial charge in [-0.1, -0.05) is 144 Å². The topological polar surface area (TPSA) is 3.24 Å². The predicted molar refractivity (Wildman–Crippen MR) is 144 cm³/mol. The van der Waals surface area contributed by atoms with Crippen LogP contribution in [0.5, 0.6) is 0 Å². The Balaban J connectivity index is 3.72. The summed E-state index contributed by atoms with van der Waals surface area (Å²) >= 11 is 0. The lowest BCUT2D eigenvalue weighted by atomic mass is 10.0. The molecule has 0 aliphatic rings. The summed E-state index contributed by atoms with van der Waals surface area (Å²) in [6.45, 7) is 15.8. The summed E-state index contributed by atoms with van der Waals surface area (Å²) in [5.74, 6) is 1.77. The largest absolute Gasteiger partial charge is 0.303 e. The normalized spacial score (nSPS) is 12.0. The van der Waals surface area contributed by atoms with Crippen molar-refractivity contribution in [3.05, 3.63) is 0 Å². The van der Waals surface area contributed by atoms with Gasteiger partial charge < -0.3 is 4.90 Å². The fourth-order valence-corrected chi connectivity index (χ4v) is 4.64. The van der Waals surface area contributed by atoms with Crippen molar-refractivity contribution >= 4 is 0 Å². The SMILES string of the molecule is CCCCCCN(CCCCCCCCCC(C)C)CCCCCCCCCC(C)C. The molecule has 0 fully saturated rings. The second-order valence-electron chi connectivity index (χ2n) is 11.2. The lowest BCUT2D eigenvalue weighted by Gasteiger charge is -2.22. The molecule has 188 valence electrons. The Kier molecular flexibility index (Phi) is 24.6. The van der Waals surface area contributed by atoms with Crippen LogP contribution in [-0.4, -0.2) is 24.5 Å². The zero-order chi connectivity index (χ0) is 23.0. The molecule has 31 heavy (non-hydrogen) atoms. The molecule has 0 radical (unpaired) electrons. The predicted octanol–water partition coefficient (Wildman–Crippen LogP) is 10.4. The third kappa shape index (κ3) is 26.1. The van der Waals surface area contributed by atoms with Crippen LogP contribution in [0.3, 0.4) is 0 Å². The summed E-state index contributed by atoms with van der Waals surface area (Å²) < 4.78 is 0. The fourth-order valence-electron chi connectivity index (χ4n) is 4.64. The van der Waals surface area contributed by atoms with Gasteiger partial charge in [-0.2, -0.15) is 0 Å². The van der Waals surface area contributed by atoms with Gasteiger partial charge in [0.2, 0.25) is 0 Å². The van der Waals surface area contributed by atoms with Crippen LogP contribution in [0.15, 0.2) is 0 Å². The van der Waals surface area contributed by atoms with Gasteiger partial charge in [0.05, 0.1) is 0 Å². The molecule has 0 amide bonds. The molecule has 1 nitrogen and oxygen atoms in total. The van der Waals surface area contributed by atoms with Crippen LogP contribution in [-0.2, 0) is 0 Å². The van der Waals surface area contributed by atoms with Crippen LogP contribution < -0.4 is 0 Å². The average molecular weight is 438 g/mol. The first kappa shape index (κ1) is 31.0. The maximum Gasteiger partial charge on any atom is -0.00187 e. The van der Waals surface area contributed by atoms with E-state index in [1.165, 1.54) is 148 Å². The van der Waals surface area contributed by atoms with Crippen LogP contribution in [0.2, 0.25) is 0 Å². The molecular formula is C30H63N.